The zero-order valence-electron chi connectivity index (χ0n) is 12.2. The lowest BCUT2D eigenvalue weighted by Gasteiger charge is -2.18. The number of nitrogens with two attached hydrogens (primary N) is 2. The fourth-order valence-electron chi connectivity index (χ4n) is 1.37. The molecule has 0 saturated heterocycles. The van der Waals surface area contributed by atoms with Gasteiger partial charge in [0.2, 0.25) is 6.23 Å². The van der Waals surface area contributed by atoms with Crippen molar-refractivity contribution in [2.45, 2.75) is 32.5 Å². The maximum absolute atomic E-state index is 11.6. The van der Waals surface area contributed by atoms with E-state index >= 15 is 0 Å². The van der Waals surface area contributed by atoms with Gasteiger partial charge in [-0.05, 0) is 26.4 Å². The minimum Gasteiger partial charge on any atom is -0.436 e. The predicted octanol–water partition coefficient (Wildman–Crippen LogP) is -1.13. The Morgan fingerprint density at radius 3 is 2.32 bits per heavy atom. The Kier molecular flexibility index (Phi) is 8.29. The second-order valence-electron chi connectivity index (χ2n) is 5.19. The SMILES string of the molecule is CC(C)C[C@H](N)C(=O)O[C@H](N)C(=O)NCCN(C)C. The van der Waals surface area contributed by atoms with Gasteiger partial charge in [0.15, 0.2) is 0 Å². The van der Waals surface area contributed by atoms with Crippen LogP contribution in [0, 0.1) is 5.92 Å². The number of likely N-dealkylation sites (N-methyl/N-ethyl adjacent to an activating group) is 1. The molecule has 0 fully saturated rings. The highest BCUT2D eigenvalue weighted by molar-refractivity contribution is 5.84. The summed E-state index contributed by atoms with van der Waals surface area (Å²) in [6.07, 6.45) is -0.818. The summed E-state index contributed by atoms with van der Waals surface area (Å²) >= 11 is 0. The first-order valence-corrected chi connectivity index (χ1v) is 6.38. The number of ether oxygens (including phenoxy) is 1. The average molecular weight is 274 g/mol. The lowest BCUT2D eigenvalue weighted by atomic mass is 10.1. The van der Waals surface area contributed by atoms with Crippen LogP contribution in [0.5, 0.6) is 0 Å². The molecule has 0 aliphatic carbocycles. The molecule has 2 atom stereocenters. The number of rotatable bonds is 8. The smallest absolute Gasteiger partial charge is 0.324 e. The second-order valence-corrected chi connectivity index (χ2v) is 5.19. The molecule has 0 saturated carbocycles. The molecule has 112 valence electrons. The highest BCUT2D eigenvalue weighted by Gasteiger charge is 2.23. The lowest BCUT2D eigenvalue weighted by Crippen LogP contribution is -2.47. The minimum atomic E-state index is -1.31. The first-order chi connectivity index (χ1) is 8.73. The predicted molar refractivity (Wildman–Crippen MR) is 73.1 cm³/mol. The van der Waals surface area contributed by atoms with Crippen molar-refractivity contribution >= 4 is 11.9 Å². The molecule has 0 rings (SSSR count). The summed E-state index contributed by atoms with van der Waals surface area (Å²) in [5, 5.41) is 2.58. The highest BCUT2D eigenvalue weighted by atomic mass is 16.6. The third-order valence-corrected chi connectivity index (χ3v) is 2.39. The molecule has 7 nitrogen and oxygen atoms in total. The number of esters is 1. The molecule has 0 aliphatic rings. The van der Waals surface area contributed by atoms with E-state index in [0.29, 0.717) is 19.5 Å². The summed E-state index contributed by atoms with van der Waals surface area (Å²) in [6.45, 7) is 5.01. The second kappa shape index (κ2) is 8.84. The minimum absolute atomic E-state index is 0.271. The molecule has 0 aliphatic heterocycles. The van der Waals surface area contributed by atoms with E-state index in [1.54, 1.807) is 0 Å². The molecule has 5 N–H and O–H groups in total. The van der Waals surface area contributed by atoms with Gasteiger partial charge in [-0.2, -0.15) is 0 Å². The molecule has 0 heterocycles. The molecule has 0 bridgehead atoms. The zero-order valence-corrected chi connectivity index (χ0v) is 12.2. The van der Waals surface area contributed by atoms with Gasteiger partial charge < -0.3 is 20.7 Å². The molecule has 0 unspecified atom stereocenters. The van der Waals surface area contributed by atoms with Gasteiger partial charge >= 0.3 is 5.97 Å². The Labute approximate surface area is 114 Å². The van der Waals surface area contributed by atoms with E-state index in [4.69, 9.17) is 16.2 Å². The van der Waals surface area contributed by atoms with Crippen LogP contribution in [0.4, 0.5) is 0 Å². The van der Waals surface area contributed by atoms with Crippen LogP contribution in [0.15, 0.2) is 0 Å². The molecule has 7 heteroatoms. The van der Waals surface area contributed by atoms with E-state index in [2.05, 4.69) is 5.32 Å². The monoisotopic (exact) mass is 274 g/mol. The molecule has 0 radical (unpaired) electrons. The Bertz CT molecular complexity index is 295. The quantitative estimate of drug-likeness (QED) is 0.381. The van der Waals surface area contributed by atoms with Crippen molar-refractivity contribution in [1.29, 1.82) is 0 Å². The summed E-state index contributed by atoms with van der Waals surface area (Å²) in [7, 11) is 3.77. The van der Waals surface area contributed by atoms with E-state index in [1.165, 1.54) is 0 Å². The average Bonchev–Trinajstić information content (AvgIpc) is 2.27. The highest BCUT2D eigenvalue weighted by Crippen LogP contribution is 2.04. The van der Waals surface area contributed by atoms with Crippen LogP contribution in [-0.4, -0.2) is 56.2 Å². The van der Waals surface area contributed by atoms with Crippen molar-refractivity contribution in [1.82, 2.24) is 10.2 Å². The molecular weight excluding hydrogens is 248 g/mol. The lowest BCUT2D eigenvalue weighted by molar-refractivity contribution is -0.157. The van der Waals surface area contributed by atoms with Crippen LogP contribution >= 0.6 is 0 Å². The van der Waals surface area contributed by atoms with Gasteiger partial charge in [0.1, 0.15) is 6.04 Å². The van der Waals surface area contributed by atoms with E-state index in [0.717, 1.165) is 0 Å². The van der Waals surface area contributed by atoms with Crippen molar-refractivity contribution in [3.63, 3.8) is 0 Å². The molecular formula is C12H26N4O3. The maximum Gasteiger partial charge on any atom is 0.324 e. The zero-order chi connectivity index (χ0) is 15.0. The number of nitrogens with zero attached hydrogens (tertiary/aromatic N) is 1. The van der Waals surface area contributed by atoms with Gasteiger partial charge in [-0.25, -0.2) is 0 Å². The van der Waals surface area contributed by atoms with Crippen LogP contribution in [-0.2, 0) is 14.3 Å². The van der Waals surface area contributed by atoms with E-state index < -0.39 is 24.1 Å². The van der Waals surface area contributed by atoms with Crippen LogP contribution in [0.1, 0.15) is 20.3 Å². The van der Waals surface area contributed by atoms with Gasteiger partial charge in [0, 0.05) is 13.1 Å². The largest absolute Gasteiger partial charge is 0.436 e. The fourth-order valence-corrected chi connectivity index (χ4v) is 1.37. The Balaban J connectivity index is 4.03. The topological polar surface area (TPSA) is 111 Å². The van der Waals surface area contributed by atoms with Crippen LogP contribution in [0.3, 0.4) is 0 Å². The van der Waals surface area contributed by atoms with Gasteiger partial charge in [0.25, 0.3) is 5.91 Å². The summed E-state index contributed by atoms with van der Waals surface area (Å²) in [5.41, 5.74) is 11.1. The first-order valence-electron chi connectivity index (χ1n) is 6.38. The Morgan fingerprint density at radius 2 is 1.84 bits per heavy atom. The summed E-state index contributed by atoms with van der Waals surface area (Å²) in [5.74, 6) is -0.899. The van der Waals surface area contributed by atoms with Gasteiger partial charge in [0.05, 0.1) is 0 Å². The summed E-state index contributed by atoms with van der Waals surface area (Å²) in [6, 6.07) is -0.749. The van der Waals surface area contributed by atoms with Gasteiger partial charge in [-0.3, -0.25) is 15.3 Å². The molecule has 0 aromatic carbocycles. The fraction of sp³-hybridized carbons (Fsp3) is 0.833. The number of amides is 1. The van der Waals surface area contributed by atoms with Crippen LogP contribution in [0.25, 0.3) is 0 Å². The molecule has 19 heavy (non-hydrogen) atoms. The van der Waals surface area contributed by atoms with Crippen molar-refractivity contribution in [3.05, 3.63) is 0 Å². The number of carbonyl (C=O) groups is 2. The number of hydrogen-bond donors (Lipinski definition) is 3. The maximum atomic E-state index is 11.6. The van der Waals surface area contributed by atoms with Gasteiger partial charge in [-0.15, -0.1) is 0 Å². The van der Waals surface area contributed by atoms with E-state index in [9.17, 15) is 9.59 Å². The number of carbonyl (C=O) groups excluding carboxylic acids is 2. The molecule has 1 amide bonds. The first kappa shape index (κ1) is 17.8. The van der Waals surface area contributed by atoms with Crippen LogP contribution < -0.4 is 16.8 Å². The standard InChI is InChI=1S/C12H26N4O3/c1-8(2)7-9(13)12(18)19-10(14)11(17)15-5-6-16(3)4/h8-10H,5-7,13-14H2,1-4H3,(H,15,17)/t9-,10-/m0/s1. The number of hydrogen-bond acceptors (Lipinski definition) is 6. The van der Waals surface area contributed by atoms with Gasteiger partial charge in [-0.1, -0.05) is 13.8 Å². The van der Waals surface area contributed by atoms with Crippen molar-refractivity contribution in [3.8, 4) is 0 Å². The third kappa shape index (κ3) is 8.52. The van der Waals surface area contributed by atoms with Crippen molar-refractivity contribution in [2.75, 3.05) is 27.2 Å². The molecule has 0 spiro atoms. The molecule has 0 aromatic rings. The molecule has 0 aromatic heterocycles. The van der Waals surface area contributed by atoms with Crippen molar-refractivity contribution < 1.29 is 14.3 Å². The Hall–Kier alpha value is -1.18. The van der Waals surface area contributed by atoms with Crippen LogP contribution in [0.2, 0.25) is 0 Å². The third-order valence-electron chi connectivity index (χ3n) is 2.39. The summed E-state index contributed by atoms with van der Waals surface area (Å²) in [4.78, 5) is 25.0. The van der Waals surface area contributed by atoms with Crippen molar-refractivity contribution in [2.24, 2.45) is 17.4 Å². The Morgan fingerprint density at radius 1 is 1.26 bits per heavy atom. The van der Waals surface area contributed by atoms with E-state index in [1.807, 2.05) is 32.8 Å². The van der Waals surface area contributed by atoms with E-state index in [-0.39, 0.29) is 5.92 Å². The number of nitrogens with one attached hydrogen (secondary N) is 1. The summed E-state index contributed by atoms with van der Waals surface area (Å²) < 4.78 is 4.82. The normalized spacial score (nSPS) is 14.3.